The molecule has 0 bridgehead atoms. The molecule has 32 nitrogen and oxygen atoms in total. The predicted molar refractivity (Wildman–Crippen MR) is 498 cm³/mol. The van der Waals surface area contributed by atoms with Crippen LogP contribution >= 0.6 is 0 Å². The maximum Gasteiger partial charge on any atom is 0.161 e. The Labute approximate surface area is 747 Å². The number of nitrogens with one attached hydrogen (secondary N) is 3. The van der Waals surface area contributed by atoms with Crippen molar-refractivity contribution >= 4 is 23.3 Å². The summed E-state index contributed by atoms with van der Waals surface area (Å²) in [6, 6.07) is 32.8. The van der Waals surface area contributed by atoms with Gasteiger partial charge in [0.05, 0.1) is 67.8 Å². The highest BCUT2D eigenvalue weighted by molar-refractivity contribution is 5.82. The fraction of sp³-hybridized carbons (Fsp3) is 0.333. The van der Waals surface area contributed by atoms with Gasteiger partial charge in [-0.3, -0.25) is 37.5 Å². The molecule has 33 heteroatoms. The Bertz CT molecular complexity index is 6480. The van der Waals surface area contributed by atoms with Gasteiger partial charge in [-0.05, 0) is 110 Å². The second-order valence-corrected chi connectivity index (χ2v) is 33.9. The van der Waals surface area contributed by atoms with E-state index in [4.69, 9.17) is 29.9 Å². The number of hydrogen-bond donors (Lipinski definition) is 6. The lowest BCUT2D eigenvalue weighted by molar-refractivity contribution is 0.0424. The fourth-order valence-electron chi connectivity index (χ4n) is 17.3. The summed E-state index contributed by atoms with van der Waals surface area (Å²) >= 11 is 0. The number of rotatable bonds is 24. The summed E-state index contributed by atoms with van der Waals surface area (Å²) in [4.78, 5) is 43.1. The molecule has 15 heterocycles. The van der Waals surface area contributed by atoms with Gasteiger partial charge in [0.1, 0.15) is 29.4 Å². The third-order valence-corrected chi connectivity index (χ3v) is 24.3. The molecule has 662 valence electrons. The first kappa shape index (κ1) is 86.9. The molecule has 0 amide bonds. The van der Waals surface area contributed by atoms with Gasteiger partial charge in [-0.15, -0.1) is 0 Å². The quantitative estimate of drug-likeness (QED) is 0.0327. The molecule has 0 radical (unpaired) electrons. The molecule has 4 aromatic carbocycles. The molecule has 4 aliphatic rings. The third kappa shape index (κ3) is 20.8. The van der Waals surface area contributed by atoms with Gasteiger partial charge in [-0.2, -0.15) is 40.8 Å². The summed E-state index contributed by atoms with van der Waals surface area (Å²) in [5, 5.41) is 74.3. The average molecular weight is 1740 g/mol. The minimum atomic E-state index is -0.870. The molecule has 3 saturated heterocycles. The van der Waals surface area contributed by atoms with Gasteiger partial charge < -0.3 is 41.1 Å². The van der Waals surface area contributed by atoms with E-state index in [0.29, 0.717) is 61.1 Å². The fourth-order valence-corrected chi connectivity index (χ4v) is 17.3. The van der Waals surface area contributed by atoms with E-state index >= 15 is 0 Å². The molecular formula is C96H108FN29O3. The average Bonchev–Trinajstić information content (AvgIpc) is 1.68. The Morgan fingerprint density at radius 3 is 1.18 bits per heavy atom. The van der Waals surface area contributed by atoms with Gasteiger partial charge in [0.2, 0.25) is 0 Å². The number of anilines is 4. The van der Waals surface area contributed by atoms with Gasteiger partial charge >= 0.3 is 0 Å². The first-order chi connectivity index (χ1) is 62.8. The van der Waals surface area contributed by atoms with Crippen molar-refractivity contribution < 1.29 is 19.7 Å². The predicted octanol–water partition coefficient (Wildman–Crippen LogP) is 13.4. The zero-order chi connectivity index (χ0) is 89.1. The molecule has 1 saturated carbocycles. The number of hydrogen-bond acceptors (Lipinski definition) is 24. The maximum absolute atomic E-state index is 14.4. The largest absolute Gasteiger partial charge is 0.396 e. The first-order valence-electron chi connectivity index (χ1n) is 43.9. The monoisotopic (exact) mass is 1730 g/mol. The van der Waals surface area contributed by atoms with Gasteiger partial charge in [0, 0.05) is 272 Å². The van der Waals surface area contributed by atoms with Gasteiger partial charge in [-0.1, -0.05) is 85.6 Å². The number of aryl methyl sites for hydroxylation is 8. The molecule has 4 atom stereocenters. The van der Waals surface area contributed by atoms with E-state index in [0.717, 1.165) is 213 Å². The van der Waals surface area contributed by atoms with Crippen LogP contribution in [0.5, 0.6) is 0 Å². The lowest BCUT2D eigenvalue weighted by atomic mass is 9.96. The van der Waals surface area contributed by atoms with Crippen LogP contribution in [0.25, 0.3) is 135 Å². The molecule has 0 spiro atoms. The van der Waals surface area contributed by atoms with Crippen LogP contribution in [0.15, 0.2) is 221 Å². The maximum atomic E-state index is 14.4. The van der Waals surface area contributed by atoms with Crippen LogP contribution in [0.3, 0.4) is 0 Å². The smallest absolute Gasteiger partial charge is 0.161 e. The van der Waals surface area contributed by atoms with Crippen molar-refractivity contribution in [2.24, 2.45) is 68.2 Å². The number of aromatic nitrogens is 24. The number of nitrogens with zero attached hydrogens (tertiary/aromatic N) is 26. The van der Waals surface area contributed by atoms with Crippen molar-refractivity contribution in [3.63, 3.8) is 0 Å². The number of piperidine rings is 1. The highest BCUT2D eigenvalue weighted by atomic mass is 19.1. The summed E-state index contributed by atoms with van der Waals surface area (Å²) in [7, 11) is 15.2. The van der Waals surface area contributed by atoms with Crippen molar-refractivity contribution in [3.05, 3.63) is 221 Å². The van der Waals surface area contributed by atoms with Crippen LogP contribution < -0.4 is 25.8 Å². The van der Waals surface area contributed by atoms with Crippen molar-refractivity contribution in [3.8, 4) is 135 Å². The Morgan fingerprint density at radius 1 is 0.411 bits per heavy atom. The van der Waals surface area contributed by atoms with E-state index < -0.39 is 11.8 Å². The van der Waals surface area contributed by atoms with E-state index in [1.54, 1.807) is 43.7 Å². The zero-order valence-electron chi connectivity index (χ0n) is 73.9. The molecule has 4 fully saturated rings. The van der Waals surface area contributed by atoms with Crippen LogP contribution in [0.1, 0.15) is 64.2 Å². The highest BCUT2D eigenvalue weighted by Crippen LogP contribution is 2.41. The summed E-state index contributed by atoms with van der Waals surface area (Å²) in [6.45, 7) is 5.41. The van der Waals surface area contributed by atoms with E-state index in [9.17, 15) is 19.7 Å². The molecule has 16 aromatic rings. The van der Waals surface area contributed by atoms with Gasteiger partial charge in [0.25, 0.3) is 0 Å². The van der Waals surface area contributed by atoms with Crippen molar-refractivity contribution in [1.82, 2.24) is 123 Å². The summed E-state index contributed by atoms with van der Waals surface area (Å²) < 4.78 is 28.6. The number of halogens is 1. The zero-order valence-corrected chi connectivity index (χ0v) is 73.9. The Balaban J connectivity index is 0.000000121. The summed E-state index contributed by atoms with van der Waals surface area (Å²) in [5.41, 5.74) is 19.2. The Hall–Kier alpha value is -14.2. The molecule has 129 heavy (non-hydrogen) atoms. The lowest BCUT2D eigenvalue weighted by Gasteiger charge is -2.27. The Morgan fingerprint density at radius 2 is 0.783 bits per heavy atom. The summed E-state index contributed by atoms with van der Waals surface area (Å²) in [5.74, 6) is 6.26. The van der Waals surface area contributed by atoms with E-state index in [-0.39, 0.29) is 25.2 Å². The third-order valence-electron chi connectivity index (χ3n) is 24.3. The van der Waals surface area contributed by atoms with Crippen molar-refractivity contribution in [2.75, 3.05) is 79.5 Å². The second-order valence-electron chi connectivity index (χ2n) is 33.9. The van der Waals surface area contributed by atoms with Gasteiger partial charge in [0.15, 0.2) is 23.3 Å². The first-order valence-corrected chi connectivity index (χ1v) is 43.9. The SMILES string of the molecule is Cn1cc(-c2cccc(-c3ncc(-c4cnn(C)c4)c(N4CCC(CCO)C4)n3)c2)cn1.Cn1cc(-c2cccc(-c3ncc(-c4cnn(C)c4)c(N4CCC[C@H]4CO)n3)c2)cn1.Cn1cc(-c2cccc(-c3ncc(-c4cnn(C)c4)c(NCC4CCNCC4F)n3)c2)cn1.Cn1cc(-c2cccc(-c3ncc(-c4cnn(C)c4)c(NCCC4(O)CCCC4)n3)c2)cn1. The lowest BCUT2D eigenvalue weighted by Crippen LogP contribution is -2.40. The minimum Gasteiger partial charge on any atom is -0.396 e. The van der Waals surface area contributed by atoms with Crippen LogP contribution in [-0.4, -0.2) is 210 Å². The van der Waals surface area contributed by atoms with E-state index in [1.807, 2.05) is 229 Å². The minimum absolute atomic E-state index is 0.0553. The highest BCUT2D eigenvalue weighted by Gasteiger charge is 2.33. The van der Waals surface area contributed by atoms with Crippen molar-refractivity contribution in [1.29, 1.82) is 0 Å². The molecule has 6 N–H and O–H groups in total. The Kier molecular flexibility index (Phi) is 26.6. The van der Waals surface area contributed by atoms with E-state index in [2.05, 4.69) is 119 Å². The molecule has 3 aliphatic heterocycles. The normalized spacial score (nSPS) is 16.5. The van der Waals surface area contributed by atoms with Crippen LogP contribution in [-0.2, 0) is 56.4 Å². The topological polar surface area (TPSA) is 349 Å². The summed E-state index contributed by atoms with van der Waals surface area (Å²) in [6.07, 6.45) is 46.4. The number of benzene rings is 4. The van der Waals surface area contributed by atoms with Crippen LogP contribution in [0.4, 0.5) is 27.7 Å². The van der Waals surface area contributed by atoms with Crippen LogP contribution in [0, 0.1) is 11.8 Å². The standard InChI is InChI=1S/C25H29N7O.C24H27FN8.C24H27N7O.C23H25N7O/c1-31-16-20(13-28-31)18-6-5-7-19(12-18)23-27-15-22(21-14-29-32(2)17-21)24(30-23)26-11-10-25(33)8-3-4-9-25;1-32-14-19(10-29-32)16-4-3-5-17(8-16)23-28-12-21(20-11-30-33(2)15-20)24(31-23)27-9-18-6-7-26-13-22(18)25;1-29-15-20(11-26-29)18-4-3-5-19(10-18)23-25-13-22(21-12-27-30(2)16-21)24(28-23)31-8-6-17(14-31)7-9-32;1-28-13-18(10-25-28)16-5-3-6-17(9-16)22-24-12-21(19-11-26-29(2)14-19)23(27-22)30-8-4-7-20(30)15-31/h5-7,12-17,33H,3-4,8-11H2,1-2H3,(H,26,27,30);3-5,8,10-12,14-15,18,22,26H,6-7,9,13H2,1-2H3,(H,27,28,31);3-5,10-13,15-17,32H,6-9,14H2,1-2H3;3,5-6,9-14,20,31H,4,7-8,15H2,1-2H3/t;;;20-/m...0/s1. The molecule has 20 rings (SSSR count). The molecule has 3 unspecified atom stereocenters. The van der Waals surface area contributed by atoms with Crippen LogP contribution in [0.2, 0.25) is 0 Å². The number of alkyl halides is 1. The number of aliphatic hydroxyl groups excluding tert-OH is 2. The van der Waals surface area contributed by atoms with Crippen molar-refractivity contribution in [2.45, 2.75) is 82.0 Å². The molecular weight excluding hydrogens is 1630 g/mol. The number of aliphatic hydroxyl groups is 3. The molecule has 1 aliphatic carbocycles. The van der Waals surface area contributed by atoms with Gasteiger partial charge in [-0.25, -0.2) is 44.3 Å². The molecule has 12 aromatic heterocycles. The van der Waals surface area contributed by atoms with E-state index in [1.165, 1.54) is 0 Å². The second kappa shape index (κ2) is 39.4.